The second kappa shape index (κ2) is 9.07. The third kappa shape index (κ3) is 6.45. The Morgan fingerprint density at radius 3 is 2.32 bits per heavy atom. The molecule has 2 N–H and O–H groups in total. The van der Waals surface area contributed by atoms with Crippen molar-refractivity contribution in [3.63, 3.8) is 0 Å². The minimum atomic E-state index is -4.58. The first-order valence-electron chi connectivity index (χ1n) is 8.17. The average Bonchev–Trinajstić information content (AvgIpc) is 2.64. The van der Waals surface area contributed by atoms with Gasteiger partial charge in [0, 0.05) is 11.8 Å². The highest BCUT2D eigenvalue weighted by atomic mass is 19.4. The number of benzene rings is 1. The van der Waals surface area contributed by atoms with Gasteiger partial charge < -0.3 is 9.47 Å². The van der Waals surface area contributed by atoms with E-state index in [9.17, 15) is 22.8 Å². The summed E-state index contributed by atoms with van der Waals surface area (Å²) in [5.41, 5.74) is 4.27. The number of hydrogen-bond acceptors (Lipinski definition) is 5. The molecule has 0 bridgehead atoms. The third-order valence-corrected chi connectivity index (χ3v) is 3.17. The van der Waals surface area contributed by atoms with Crippen LogP contribution in [0.3, 0.4) is 0 Å². The van der Waals surface area contributed by atoms with E-state index in [-0.39, 0.29) is 17.2 Å². The molecule has 10 heteroatoms. The average molecular weight is 397 g/mol. The van der Waals surface area contributed by atoms with Crippen LogP contribution in [-0.4, -0.2) is 35.7 Å². The van der Waals surface area contributed by atoms with Crippen LogP contribution in [0.5, 0.6) is 11.6 Å². The lowest BCUT2D eigenvalue weighted by molar-refractivity contribution is -0.154. The number of hydrazine groups is 1. The Balaban J connectivity index is 1.97. The number of nitrogens with one attached hydrogen (secondary N) is 2. The van der Waals surface area contributed by atoms with Crippen molar-refractivity contribution in [1.29, 1.82) is 0 Å². The number of alkyl halides is 3. The molecule has 0 saturated carbocycles. The van der Waals surface area contributed by atoms with Crippen molar-refractivity contribution in [2.24, 2.45) is 0 Å². The molecular weight excluding hydrogens is 379 g/mol. The number of hydrogen-bond donors (Lipinski definition) is 2. The van der Waals surface area contributed by atoms with Crippen LogP contribution in [0.1, 0.15) is 34.6 Å². The van der Waals surface area contributed by atoms with Gasteiger partial charge in [0.05, 0.1) is 6.10 Å². The van der Waals surface area contributed by atoms with Gasteiger partial charge in [-0.1, -0.05) is 0 Å². The monoisotopic (exact) mass is 397 g/mol. The molecule has 2 rings (SSSR count). The van der Waals surface area contributed by atoms with Crippen molar-refractivity contribution in [1.82, 2.24) is 15.8 Å². The molecule has 0 radical (unpaired) electrons. The Kier molecular flexibility index (Phi) is 6.80. The summed E-state index contributed by atoms with van der Waals surface area (Å²) in [5.74, 6) is -1.41. The smallest absolute Gasteiger partial charge is 0.422 e. The maximum atomic E-state index is 12.3. The highest BCUT2D eigenvalue weighted by molar-refractivity contribution is 6.00. The Labute approximate surface area is 158 Å². The van der Waals surface area contributed by atoms with Crippen molar-refractivity contribution < 1.29 is 32.2 Å². The fourth-order valence-corrected chi connectivity index (χ4v) is 2.04. The number of carbonyl (C=O) groups excluding carboxylic acids is 2. The molecule has 0 saturated heterocycles. The molecule has 2 aromatic rings. The van der Waals surface area contributed by atoms with Crippen LogP contribution in [0.2, 0.25) is 0 Å². The Hall–Kier alpha value is -3.30. The number of pyridine rings is 1. The molecule has 0 fully saturated rings. The standard InChI is InChI=1S/C18H18F3N3O4/c1-11(2)28-13-7-5-12(6-8-13)15(25)23-24-16(26)14-4-3-9-22-17(14)27-10-18(19,20)21/h3-9,11H,10H2,1-2H3,(H,23,25)(H,24,26). The Bertz CT molecular complexity index is 824. The lowest BCUT2D eigenvalue weighted by Crippen LogP contribution is -2.41. The van der Waals surface area contributed by atoms with Gasteiger partial charge in [0.25, 0.3) is 11.8 Å². The predicted molar refractivity (Wildman–Crippen MR) is 92.9 cm³/mol. The molecule has 0 atom stereocenters. The molecule has 0 aliphatic heterocycles. The van der Waals surface area contributed by atoms with Gasteiger partial charge in [-0.15, -0.1) is 0 Å². The SMILES string of the molecule is CC(C)Oc1ccc(C(=O)NNC(=O)c2cccnc2OCC(F)(F)F)cc1. The van der Waals surface area contributed by atoms with Gasteiger partial charge >= 0.3 is 6.18 Å². The number of halogens is 3. The first-order chi connectivity index (χ1) is 13.2. The summed E-state index contributed by atoms with van der Waals surface area (Å²) in [6.07, 6.45) is -3.42. The third-order valence-electron chi connectivity index (χ3n) is 3.17. The minimum Gasteiger partial charge on any atom is -0.491 e. The van der Waals surface area contributed by atoms with Crippen LogP contribution in [0.4, 0.5) is 13.2 Å². The quantitative estimate of drug-likeness (QED) is 0.732. The van der Waals surface area contributed by atoms with E-state index >= 15 is 0 Å². The van der Waals surface area contributed by atoms with Crippen molar-refractivity contribution in [2.45, 2.75) is 26.1 Å². The zero-order valence-corrected chi connectivity index (χ0v) is 15.0. The number of amides is 2. The summed E-state index contributed by atoms with van der Waals surface area (Å²) in [7, 11) is 0. The number of rotatable bonds is 6. The summed E-state index contributed by atoms with van der Waals surface area (Å²) >= 11 is 0. The van der Waals surface area contributed by atoms with Gasteiger partial charge in [-0.05, 0) is 50.2 Å². The molecule has 0 spiro atoms. The summed E-state index contributed by atoms with van der Waals surface area (Å²) in [5, 5.41) is 0. The topological polar surface area (TPSA) is 89.6 Å². The first-order valence-corrected chi connectivity index (χ1v) is 8.17. The lowest BCUT2D eigenvalue weighted by atomic mass is 10.2. The second-order valence-corrected chi connectivity index (χ2v) is 5.86. The number of aromatic nitrogens is 1. The van der Waals surface area contributed by atoms with Crippen molar-refractivity contribution in [3.05, 3.63) is 53.7 Å². The van der Waals surface area contributed by atoms with Crippen LogP contribution in [0.15, 0.2) is 42.6 Å². The van der Waals surface area contributed by atoms with Gasteiger partial charge in [-0.2, -0.15) is 13.2 Å². The lowest BCUT2D eigenvalue weighted by Gasteiger charge is -2.13. The first kappa shape index (κ1) is 21.0. The molecule has 2 amide bonds. The van der Waals surface area contributed by atoms with Crippen molar-refractivity contribution >= 4 is 11.8 Å². The normalized spacial score (nSPS) is 11.1. The highest BCUT2D eigenvalue weighted by Crippen LogP contribution is 2.20. The van der Waals surface area contributed by atoms with Gasteiger partial charge in [-0.3, -0.25) is 20.4 Å². The van der Waals surface area contributed by atoms with E-state index in [0.29, 0.717) is 5.75 Å². The van der Waals surface area contributed by atoms with Crippen LogP contribution in [-0.2, 0) is 0 Å². The van der Waals surface area contributed by atoms with E-state index in [1.165, 1.54) is 30.5 Å². The highest BCUT2D eigenvalue weighted by Gasteiger charge is 2.29. The summed E-state index contributed by atoms with van der Waals surface area (Å²) in [6.45, 7) is 2.13. The molecule has 0 aliphatic rings. The fourth-order valence-electron chi connectivity index (χ4n) is 2.04. The van der Waals surface area contributed by atoms with E-state index in [4.69, 9.17) is 4.74 Å². The van der Waals surface area contributed by atoms with Gasteiger partial charge in [-0.25, -0.2) is 4.98 Å². The largest absolute Gasteiger partial charge is 0.491 e. The van der Waals surface area contributed by atoms with Crippen LogP contribution >= 0.6 is 0 Å². The van der Waals surface area contributed by atoms with E-state index in [1.807, 2.05) is 13.8 Å². The molecule has 0 unspecified atom stereocenters. The molecule has 1 aromatic carbocycles. The Morgan fingerprint density at radius 2 is 1.71 bits per heavy atom. The summed E-state index contributed by atoms with van der Waals surface area (Å²) in [6, 6.07) is 8.77. The minimum absolute atomic E-state index is 0.0211. The molecule has 150 valence electrons. The van der Waals surface area contributed by atoms with Gasteiger partial charge in [0.1, 0.15) is 11.3 Å². The van der Waals surface area contributed by atoms with Gasteiger partial charge in [0.2, 0.25) is 5.88 Å². The van der Waals surface area contributed by atoms with E-state index < -0.39 is 30.5 Å². The molecular formula is C18H18F3N3O4. The number of ether oxygens (including phenoxy) is 2. The molecule has 7 nitrogen and oxygen atoms in total. The van der Waals surface area contributed by atoms with Crippen LogP contribution in [0.25, 0.3) is 0 Å². The second-order valence-electron chi connectivity index (χ2n) is 5.86. The number of nitrogens with zero attached hydrogens (tertiary/aromatic N) is 1. The van der Waals surface area contributed by atoms with E-state index in [1.54, 1.807) is 12.1 Å². The van der Waals surface area contributed by atoms with Crippen LogP contribution in [0, 0.1) is 0 Å². The maximum absolute atomic E-state index is 12.3. The molecule has 28 heavy (non-hydrogen) atoms. The van der Waals surface area contributed by atoms with Gasteiger partial charge in [0.15, 0.2) is 6.61 Å². The molecule has 1 heterocycles. The van der Waals surface area contributed by atoms with Crippen molar-refractivity contribution in [3.8, 4) is 11.6 Å². The fraction of sp³-hybridized carbons (Fsp3) is 0.278. The molecule has 1 aromatic heterocycles. The summed E-state index contributed by atoms with van der Waals surface area (Å²) in [4.78, 5) is 27.9. The summed E-state index contributed by atoms with van der Waals surface area (Å²) < 4.78 is 46.9. The maximum Gasteiger partial charge on any atom is 0.422 e. The molecule has 0 aliphatic carbocycles. The Morgan fingerprint density at radius 1 is 1.07 bits per heavy atom. The zero-order chi connectivity index (χ0) is 20.7. The van der Waals surface area contributed by atoms with E-state index in [2.05, 4.69) is 20.6 Å². The zero-order valence-electron chi connectivity index (χ0n) is 15.0. The van der Waals surface area contributed by atoms with E-state index in [0.717, 1.165) is 0 Å². The predicted octanol–water partition coefficient (Wildman–Crippen LogP) is 2.88. The van der Waals surface area contributed by atoms with Crippen molar-refractivity contribution in [2.75, 3.05) is 6.61 Å². The number of carbonyl (C=O) groups is 2. The van der Waals surface area contributed by atoms with Crippen LogP contribution < -0.4 is 20.3 Å².